The Morgan fingerprint density at radius 2 is 1.98 bits per heavy atom. The Hall–Kier alpha value is -4.35. The fourth-order valence-corrected chi connectivity index (χ4v) is 5.62. The van der Waals surface area contributed by atoms with Crippen LogP contribution in [0.4, 0.5) is 10.1 Å². The van der Waals surface area contributed by atoms with Crippen molar-refractivity contribution in [2.75, 3.05) is 25.9 Å². The number of carbonyl (C=O) groups is 1. The lowest BCUT2D eigenvalue weighted by Crippen LogP contribution is -2.66. The highest BCUT2D eigenvalue weighted by Crippen LogP contribution is 2.36. The summed E-state index contributed by atoms with van der Waals surface area (Å²) in [5.74, 6) is -1.04. The number of nitrogens with two attached hydrogens (primary N) is 1. The topological polar surface area (TPSA) is 125 Å². The Morgan fingerprint density at radius 3 is 2.60 bits per heavy atom. The van der Waals surface area contributed by atoms with Crippen molar-refractivity contribution in [2.45, 2.75) is 38.8 Å². The van der Waals surface area contributed by atoms with E-state index in [1.165, 1.54) is 51.5 Å². The number of halogens is 2. The van der Waals surface area contributed by atoms with Gasteiger partial charge in [0.05, 0.1) is 52.8 Å². The number of aromatic nitrogens is 4. The number of nitrogen functional groups attached to an aromatic ring is 1. The number of ether oxygens (including phenoxy) is 1. The minimum absolute atomic E-state index is 0.0126. The highest BCUT2D eigenvalue weighted by atomic mass is 35.5. The minimum atomic E-state index is -0.956. The molecule has 0 spiro atoms. The fourth-order valence-electron chi connectivity index (χ4n) is 5.38. The monoisotopic (exact) mass is 592 g/mol. The number of hydrogen-bond acceptors (Lipinski definition) is 7. The number of fused-ring (bicyclic) bond motifs is 1. The van der Waals surface area contributed by atoms with Crippen molar-refractivity contribution in [3.63, 3.8) is 0 Å². The SMILES string of the molecule is C=CC(=O)N1CC(Cn2c(=O)c(=O)n(-c3c(C)ccnc3C(C)C)c3nc(-c4c(N)cccc4F)c(Cl)cc32)(OC)C1. The van der Waals surface area contributed by atoms with Gasteiger partial charge in [0.2, 0.25) is 5.91 Å². The first-order valence-electron chi connectivity index (χ1n) is 13.3. The molecular weight excluding hydrogens is 563 g/mol. The number of aryl methyl sites for hydroxylation is 1. The largest absolute Gasteiger partial charge is 0.398 e. The predicted molar refractivity (Wildman–Crippen MR) is 160 cm³/mol. The average molecular weight is 593 g/mol. The number of amides is 1. The Balaban J connectivity index is 1.86. The summed E-state index contributed by atoms with van der Waals surface area (Å²) in [7, 11) is 1.47. The number of likely N-dealkylation sites (tertiary alicyclic amines) is 1. The maximum atomic E-state index is 15.1. The number of anilines is 1. The van der Waals surface area contributed by atoms with Crippen molar-refractivity contribution in [1.29, 1.82) is 0 Å². The van der Waals surface area contributed by atoms with Crippen LogP contribution in [0.25, 0.3) is 28.1 Å². The number of benzene rings is 1. The molecule has 0 saturated carbocycles. The van der Waals surface area contributed by atoms with Crippen molar-refractivity contribution in [1.82, 2.24) is 24.0 Å². The van der Waals surface area contributed by atoms with Gasteiger partial charge in [0.1, 0.15) is 11.4 Å². The van der Waals surface area contributed by atoms with Gasteiger partial charge in [-0.3, -0.25) is 28.5 Å². The third kappa shape index (κ3) is 4.68. The zero-order valence-electron chi connectivity index (χ0n) is 23.6. The quantitative estimate of drug-likeness (QED) is 0.196. The Kier molecular flexibility index (Phi) is 7.50. The maximum Gasteiger partial charge on any atom is 0.322 e. The minimum Gasteiger partial charge on any atom is -0.398 e. The van der Waals surface area contributed by atoms with Crippen LogP contribution >= 0.6 is 11.6 Å². The van der Waals surface area contributed by atoms with Crippen molar-refractivity contribution in [3.8, 4) is 16.9 Å². The van der Waals surface area contributed by atoms with E-state index in [9.17, 15) is 14.4 Å². The molecule has 5 rings (SSSR count). The van der Waals surface area contributed by atoms with Gasteiger partial charge in [-0.25, -0.2) is 9.37 Å². The lowest BCUT2D eigenvalue weighted by Gasteiger charge is -2.48. The first-order valence-corrected chi connectivity index (χ1v) is 13.6. The van der Waals surface area contributed by atoms with Gasteiger partial charge < -0.3 is 15.4 Å². The maximum absolute atomic E-state index is 15.1. The van der Waals surface area contributed by atoms with Crippen LogP contribution in [0, 0.1) is 12.7 Å². The second-order valence-electron chi connectivity index (χ2n) is 10.7. The van der Waals surface area contributed by atoms with Crippen LogP contribution < -0.4 is 16.9 Å². The first kappa shape index (κ1) is 29.2. The van der Waals surface area contributed by atoms with Crippen LogP contribution in [0.15, 0.2) is 58.8 Å². The van der Waals surface area contributed by atoms with E-state index in [0.29, 0.717) is 16.9 Å². The molecule has 1 aliphatic rings. The third-order valence-electron chi connectivity index (χ3n) is 7.60. The van der Waals surface area contributed by atoms with E-state index >= 15 is 4.39 Å². The third-order valence-corrected chi connectivity index (χ3v) is 7.89. The zero-order chi connectivity index (χ0) is 30.5. The highest BCUT2D eigenvalue weighted by molar-refractivity contribution is 6.33. The lowest BCUT2D eigenvalue weighted by atomic mass is 9.93. The van der Waals surface area contributed by atoms with Crippen LogP contribution in [0.1, 0.15) is 31.0 Å². The number of hydrogen-bond donors (Lipinski definition) is 1. The second kappa shape index (κ2) is 10.8. The molecule has 0 aliphatic carbocycles. The molecule has 1 aliphatic heterocycles. The molecule has 1 amide bonds. The smallest absolute Gasteiger partial charge is 0.322 e. The summed E-state index contributed by atoms with van der Waals surface area (Å²) in [4.78, 5) is 50.7. The highest BCUT2D eigenvalue weighted by Gasteiger charge is 2.46. The summed E-state index contributed by atoms with van der Waals surface area (Å²) in [5, 5.41) is 0.0215. The molecule has 1 saturated heterocycles. The van der Waals surface area contributed by atoms with Gasteiger partial charge in [-0.05, 0) is 48.7 Å². The molecule has 1 fully saturated rings. The molecule has 4 aromatic rings. The number of nitrogens with zero attached hydrogens (tertiary/aromatic N) is 5. The van der Waals surface area contributed by atoms with Crippen LogP contribution in [0.5, 0.6) is 0 Å². The van der Waals surface area contributed by atoms with E-state index in [4.69, 9.17) is 27.1 Å². The summed E-state index contributed by atoms with van der Waals surface area (Å²) >= 11 is 6.70. The van der Waals surface area contributed by atoms with Gasteiger partial charge in [0.25, 0.3) is 0 Å². The van der Waals surface area contributed by atoms with Gasteiger partial charge in [0, 0.05) is 19.0 Å². The number of carbonyl (C=O) groups excluding carboxylic acids is 1. The van der Waals surface area contributed by atoms with E-state index in [1.807, 2.05) is 13.8 Å². The van der Waals surface area contributed by atoms with Crippen LogP contribution in [-0.4, -0.2) is 55.7 Å². The Bertz CT molecular complexity index is 1860. The summed E-state index contributed by atoms with van der Waals surface area (Å²) < 4.78 is 23.3. The number of rotatable bonds is 7. The Morgan fingerprint density at radius 1 is 1.26 bits per heavy atom. The standard InChI is InChI=1S/C30H30ClFN6O4/c1-6-22(39)36-13-30(14-36,42-5)15-37-21-12-18(31)25(23-19(32)8-7-9-20(23)33)35-27(21)38(29(41)28(37)40)26-17(4)10-11-34-24(26)16(2)3/h6-12,16H,1,13-15,33H2,2-5H3. The summed E-state index contributed by atoms with van der Waals surface area (Å²) in [6, 6.07) is 7.42. The van der Waals surface area contributed by atoms with Gasteiger partial charge in [-0.15, -0.1) is 0 Å². The van der Waals surface area contributed by atoms with Crippen molar-refractivity contribution < 1.29 is 13.9 Å². The van der Waals surface area contributed by atoms with Crippen LogP contribution in [0.2, 0.25) is 5.02 Å². The molecule has 0 radical (unpaired) electrons. The summed E-state index contributed by atoms with van der Waals surface area (Å²) in [6.07, 6.45) is 2.83. The van der Waals surface area contributed by atoms with Gasteiger partial charge >= 0.3 is 11.1 Å². The first-order chi connectivity index (χ1) is 19.9. The van der Waals surface area contributed by atoms with E-state index < -0.39 is 22.5 Å². The number of methoxy groups -OCH3 is 1. The van der Waals surface area contributed by atoms with Crippen LogP contribution in [-0.2, 0) is 16.1 Å². The molecular formula is C30H30ClFN6O4. The van der Waals surface area contributed by atoms with Crippen LogP contribution in [0.3, 0.4) is 0 Å². The van der Waals surface area contributed by atoms with Gasteiger partial charge in [0.15, 0.2) is 5.65 Å². The second-order valence-corrected chi connectivity index (χ2v) is 11.1. The summed E-state index contributed by atoms with van der Waals surface area (Å²) in [6.45, 7) is 9.44. The number of pyridine rings is 2. The van der Waals surface area contributed by atoms with Gasteiger partial charge in [-0.1, -0.05) is 38.1 Å². The molecule has 0 bridgehead atoms. The molecule has 4 heterocycles. The summed E-state index contributed by atoms with van der Waals surface area (Å²) in [5.41, 5.74) is 5.47. The molecule has 0 unspecified atom stereocenters. The molecule has 3 aromatic heterocycles. The van der Waals surface area contributed by atoms with E-state index in [2.05, 4.69) is 11.6 Å². The average Bonchev–Trinajstić information content (AvgIpc) is 2.93. The van der Waals surface area contributed by atoms with Crippen molar-refractivity contribution in [3.05, 3.63) is 92.0 Å². The normalized spacial score (nSPS) is 14.3. The molecule has 42 heavy (non-hydrogen) atoms. The molecule has 218 valence electrons. The molecule has 1 aromatic carbocycles. The predicted octanol–water partition coefficient (Wildman–Crippen LogP) is 3.83. The molecule has 10 nitrogen and oxygen atoms in total. The lowest BCUT2D eigenvalue weighted by molar-refractivity contribution is -0.160. The van der Waals surface area contributed by atoms with Crippen molar-refractivity contribution >= 4 is 34.4 Å². The van der Waals surface area contributed by atoms with Crippen molar-refractivity contribution in [2.24, 2.45) is 0 Å². The Labute approximate surface area is 245 Å². The van der Waals surface area contributed by atoms with E-state index in [1.54, 1.807) is 19.2 Å². The van der Waals surface area contributed by atoms with E-state index in [-0.39, 0.29) is 64.6 Å². The molecule has 0 atom stereocenters. The van der Waals surface area contributed by atoms with E-state index in [0.717, 1.165) is 0 Å². The molecule has 12 heteroatoms. The fraction of sp³-hybridized carbons (Fsp3) is 0.300. The molecule has 2 N–H and O–H groups in total. The zero-order valence-corrected chi connectivity index (χ0v) is 24.4. The van der Waals surface area contributed by atoms with Gasteiger partial charge in [-0.2, -0.15) is 0 Å².